The van der Waals surface area contributed by atoms with E-state index in [9.17, 15) is 9.59 Å². The Morgan fingerprint density at radius 1 is 1.17 bits per heavy atom. The maximum absolute atomic E-state index is 12.3. The molecular weight excluding hydrogens is 362 g/mol. The zero-order chi connectivity index (χ0) is 17.2. The highest BCUT2D eigenvalue weighted by Crippen LogP contribution is 2.12. The number of nitrogens with one attached hydrogen (secondary N) is 1. The molecule has 6 nitrogen and oxygen atoms in total. The summed E-state index contributed by atoms with van der Waals surface area (Å²) in [6, 6.07) is 7.68. The van der Waals surface area contributed by atoms with Crippen LogP contribution in [0.15, 0.2) is 28.7 Å². The summed E-state index contributed by atoms with van der Waals surface area (Å²) in [7, 11) is 3.92. The van der Waals surface area contributed by atoms with E-state index in [1.54, 1.807) is 4.90 Å². The number of carboxylic acid groups (broad SMARTS) is 1. The summed E-state index contributed by atoms with van der Waals surface area (Å²) in [6.07, 6.45) is 0.492. The number of carbonyl (C=O) groups excluding carboxylic acids is 1. The third-order valence-corrected chi connectivity index (χ3v) is 3.76. The molecule has 0 atom stereocenters. The first-order valence-corrected chi connectivity index (χ1v) is 8.31. The van der Waals surface area contributed by atoms with Gasteiger partial charge in [-0.3, -0.25) is 4.79 Å². The molecule has 0 heterocycles. The maximum Gasteiger partial charge on any atom is 0.317 e. The number of nitrogens with zero attached hydrogens (tertiary/aromatic N) is 2. The molecule has 1 aromatic rings. The van der Waals surface area contributed by atoms with E-state index in [4.69, 9.17) is 5.11 Å². The number of likely N-dealkylation sites (N-methyl/N-ethyl adjacent to an activating group) is 1. The average molecular weight is 386 g/mol. The van der Waals surface area contributed by atoms with Crippen LogP contribution in [0, 0.1) is 0 Å². The van der Waals surface area contributed by atoms with E-state index in [-0.39, 0.29) is 12.5 Å². The minimum absolute atomic E-state index is 0.0602. The Balaban J connectivity index is 2.57. The van der Waals surface area contributed by atoms with Crippen LogP contribution in [-0.2, 0) is 11.3 Å². The zero-order valence-corrected chi connectivity index (χ0v) is 15.2. The van der Waals surface area contributed by atoms with Crippen LogP contribution in [0.25, 0.3) is 0 Å². The van der Waals surface area contributed by atoms with Crippen LogP contribution in [0.2, 0.25) is 0 Å². The molecular formula is C16H24BrN3O3. The van der Waals surface area contributed by atoms with Crippen LogP contribution in [0.4, 0.5) is 4.79 Å². The van der Waals surface area contributed by atoms with Gasteiger partial charge in [0, 0.05) is 37.1 Å². The fraction of sp³-hybridized carbons (Fsp3) is 0.500. The molecule has 0 bridgehead atoms. The number of hydrogen-bond acceptors (Lipinski definition) is 3. The van der Waals surface area contributed by atoms with E-state index in [1.807, 2.05) is 43.3 Å². The Hall–Kier alpha value is -1.60. The van der Waals surface area contributed by atoms with Gasteiger partial charge in [-0.05, 0) is 38.2 Å². The third-order valence-electron chi connectivity index (χ3n) is 3.23. The van der Waals surface area contributed by atoms with Crippen LogP contribution >= 0.6 is 15.9 Å². The van der Waals surface area contributed by atoms with E-state index in [0.29, 0.717) is 26.1 Å². The molecule has 128 valence electrons. The summed E-state index contributed by atoms with van der Waals surface area (Å²) in [5.74, 6) is -0.849. The molecule has 0 saturated heterocycles. The standard InChI is InChI=1S/C16H24BrN3O3/c1-19(2)10-11-20(12-13-5-7-14(17)8-6-13)16(23)18-9-3-4-15(21)22/h5-8H,3-4,9-12H2,1-2H3,(H,18,23)(H,21,22). The van der Waals surface area contributed by atoms with Crippen molar-refractivity contribution in [2.24, 2.45) is 0 Å². The number of urea groups is 1. The molecule has 7 heteroatoms. The lowest BCUT2D eigenvalue weighted by molar-refractivity contribution is -0.137. The Morgan fingerprint density at radius 2 is 1.83 bits per heavy atom. The van der Waals surface area contributed by atoms with Crippen LogP contribution in [-0.4, -0.2) is 60.6 Å². The second-order valence-corrected chi connectivity index (χ2v) is 6.50. The van der Waals surface area contributed by atoms with Crippen LogP contribution in [0.1, 0.15) is 18.4 Å². The lowest BCUT2D eigenvalue weighted by atomic mass is 10.2. The number of hydrogen-bond donors (Lipinski definition) is 2. The molecule has 0 spiro atoms. The Bertz CT molecular complexity index is 506. The second-order valence-electron chi connectivity index (χ2n) is 5.58. The minimum Gasteiger partial charge on any atom is -0.481 e. The highest BCUT2D eigenvalue weighted by molar-refractivity contribution is 9.10. The highest BCUT2D eigenvalue weighted by atomic mass is 79.9. The molecule has 0 saturated carbocycles. The summed E-state index contributed by atoms with van der Waals surface area (Å²) in [4.78, 5) is 26.6. The Kier molecular flexibility index (Phi) is 8.65. The first kappa shape index (κ1) is 19.4. The van der Waals surface area contributed by atoms with Gasteiger partial charge in [0.1, 0.15) is 0 Å². The number of carbonyl (C=O) groups is 2. The number of carboxylic acids is 1. The van der Waals surface area contributed by atoms with Crippen molar-refractivity contribution in [2.45, 2.75) is 19.4 Å². The lowest BCUT2D eigenvalue weighted by Crippen LogP contribution is -2.43. The van der Waals surface area contributed by atoms with Crippen molar-refractivity contribution in [3.05, 3.63) is 34.3 Å². The van der Waals surface area contributed by atoms with Gasteiger partial charge in [-0.25, -0.2) is 4.79 Å². The van der Waals surface area contributed by atoms with Gasteiger partial charge in [-0.15, -0.1) is 0 Å². The monoisotopic (exact) mass is 385 g/mol. The van der Waals surface area contributed by atoms with Gasteiger partial charge in [0.05, 0.1) is 0 Å². The number of aliphatic carboxylic acids is 1. The average Bonchev–Trinajstić information content (AvgIpc) is 2.49. The largest absolute Gasteiger partial charge is 0.481 e. The van der Waals surface area contributed by atoms with E-state index < -0.39 is 5.97 Å². The van der Waals surface area contributed by atoms with Gasteiger partial charge in [0.15, 0.2) is 0 Å². The summed E-state index contributed by atoms with van der Waals surface area (Å²) in [5, 5.41) is 11.4. The normalized spacial score (nSPS) is 10.6. The van der Waals surface area contributed by atoms with Crippen molar-refractivity contribution in [3.63, 3.8) is 0 Å². The molecule has 0 aromatic heterocycles. The van der Waals surface area contributed by atoms with Crippen molar-refractivity contribution in [1.82, 2.24) is 15.1 Å². The number of benzene rings is 1. The van der Waals surface area contributed by atoms with Gasteiger partial charge >= 0.3 is 12.0 Å². The molecule has 0 unspecified atom stereocenters. The van der Waals surface area contributed by atoms with Gasteiger partial charge in [0.25, 0.3) is 0 Å². The van der Waals surface area contributed by atoms with Crippen LogP contribution in [0.5, 0.6) is 0 Å². The van der Waals surface area contributed by atoms with Crippen molar-refractivity contribution >= 4 is 27.9 Å². The zero-order valence-electron chi connectivity index (χ0n) is 13.6. The van der Waals surface area contributed by atoms with Crippen molar-refractivity contribution in [3.8, 4) is 0 Å². The first-order chi connectivity index (χ1) is 10.9. The molecule has 1 aromatic carbocycles. The minimum atomic E-state index is -0.849. The lowest BCUT2D eigenvalue weighted by Gasteiger charge is -2.25. The van der Waals surface area contributed by atoms with E-state index in [1.165, 1.54) is 0 Å². The molecule has 0 aliphatic rings. The topological polar surface area (TPSA) is 72.9 Å². The molecule has 1 rings (SSSR count). The van der Waals surface area contributed by atoms with Gasteiger partial charge in [0.2, 0.25) is 0 Å². The van der Waals surface area contributed by atoms with Crippen LogP contribution in [0.3, 0.4) is 0 Å². The highest BCUT2D eigenvalue weighted by Gasteiger charge is 2.14. The number of halogens is 1. The summed E-state index contributed by atoms with van der Waals surface area (Å²) in [6.45, 7) is 2.25. The molecule has 23 heavy (non-hydrogen) atoms. The molecule has 2 N–H and O–H groups in total. The van der Waals surface area contributed by atoms with Crippen molar-refractivity contribution in [2.75, 3.05) is 33.7 Å². The quantitative estimate of drug-likeness (QED) is 0.640. The molecule has 0 fully saturated rings. The van der Waals surface area contributed by atoms with Crippen molar-refractivity contribution in [1.29, 1.82) is 0 Å². The molecule has 0 radical (unpaired) electrons. The fourth-order valence-corrected chi connectivity index (χ4v) is 2.19. The van der Waals surface area contributed by atoms with E-state index in [0.717, 1.165) is 16.6 Å². The number of amides is 2. The van der Waals surface area contributed by atoms with E-state index in [2.05, 4.69) is 21.2 Å². The SMILES string of the molecule is CN(C)CCN(Cc1ccc(Br)cc1)C(=O)NCCCC(=O)O. The summed E-state index contributed by atoms with van der Waals surface area (Å²) in [5.41, 5.74) is 1.05. The molecule has 0 aliphatic heterocycles. The summed E-state index contributed by atoms with van der Waals surface area (Å²) < 4.78 is 0.999. The summed E-state index contributed by atoms with van der Waals surface area (Å²) >= 11 is 3.40. The predicted octanol–water partition coefficient (Wildman–Crippen LogP) is 2.39. The number of rotatable bonds is 9. The second kappa shape index (κ2) is 10.2. The van der Waals surface area contributed by atoms with E-state index >= 15 is 0 Å². The maximum atomic E-state index is 12.3. The van der Waals surface area contributed by atoms with Gasteiger partial charge < -0.3 is 20.2 Å². The van der Waals surface area contributed by atoms with Gasteiger partial charge in [-0.2, -0.15) is 0 Å². The molecule has 0 aliphatic carbocycles. The molecule has 2 amide bonds. The Labute approximate surface area is 145 Å². The fourth-order valence-electron chi connectivity index (χ4n) is 1.93. The first-order valence-electron chi connectivity index (χ1n) is 7.52. The predicted molar refractivity (Wildman–Crippen MR) is 93.4 cm³/mol. The van der Waals surface area contributed by atoms with Crippen LogP contribution < -0.4 is 5.32 Å². The van der Waals surface area contributed by atoms with Crippen molar-refractivity contribution < 1.29 is 14.7 Å². The third kappa shape index (κ3) is 8.56. The smallest absolute Gasteiger partial charge is 0.317 e. The van der Waals surface area contributed by atoms with Gasteiger partial charge in [-0.1, -0.05) is 28.1 Å². The Morgan fingerprint density at radius 3 is 2.39 bits per heavy atom.